The molecule has 1 aliphatic rings. The largest absolute Gasteiger partial charge is 0.416 e. The predicted octanol–water partition coefficient (Wildman–Crippen LogP) is 6.55. The standard InChI is InChI=1S/C25H22ClF6N3O/c1-15-9-16(10-23(26)33-15)12-34-13-21(17-5-4-6-18(11-17)24(27,28)29)35(14-22(36)25(30,31)32)20-8-3-2-7-19(20)34/h2-11,21-22,36H,12-14H2,1H3. The number of alkyl halides is 6. The quantitative estimate of drug-likeness (QED) is 0.300. The summed E-state index contributed by atoms with van der Waals surface area (Å²) in [7, 11) is 0. The van der Waals surface area contributed by atoms with Gasteiger partial charge in [0.2, 0.25) is 0 Å². The maximum Gasteiger partial charge on any atom is 0.416 e. The summed E-state index contributed by atoms with van der Waals surface area (Å²) in [6.07, 6.45) is -12.2. The zero-order chi connectivity index (χ0) is 26.3. The third-order valence-corrected chi connectivity index (χ3v) is 6.20. The van der Waals surface area contributed by atoms with Crippen LogP contribution in [-0.2, 0) is 12.7 Å². The molecule has 2 heterocycles. The molecule has 1 N–H and O–H groups in total. The van der Waals surface area contributed by atoms with Crippen LogP contribution in [0.2, 0.25) is 5.15 Å². The van der Waals surface area contributed by atoms with Crippen molar-refractivity contribution in [3.8, 4) is 0 Å². The molecule has 0 spiro atoms. The molecule has 0 saturated carbocycles. The average Bonchev–Trinajstić information content (AvgIpc) is 2.78. The number of hydrogen-bond donors (Lipinski definition) is 1. The van der Waals surface area contributed by atoms with Crippen molar-refractivity contribution >= 4 is 23.0 Å². The summed E-state index contributed by atoms with van der Waals surface area (Å²) in [5, 5.41) is 10.2. The highest BCUT2D eigenvalue weighted by atomic mass is 35.5. The molecule has 1 aromatic heterocycles. The Morgan fingerprint density at radius 3 is 2.33 bits per heavy atom. The monoisotopic (exact) mass is 529 g/mol. The number of aromatic nitrogens is 1. The van der Waals surface area contributed by atoms with E-state index in [9.17, 15) is 31.4 Å². The summed E-state index contributed by atoms with van der Waals surface area (Å²) >= 11 is 6.10. The number of halogens is 7. The zero-order valence-electron chi connectivity index (χ0n) is 19.0. The molecule has 4 rings (SSSR count). The molecule has 192 valence electrons. The summed E-state index contributed by atoms with van der Waals surface area (Å²) < 4.78 is 80.3. The normalized spacial score (nSPS) is 17.2. The van der Waals surface area contributed by atoms with Gasteiger partial charge in [0.15, 0.2) is 6.10 Å². The molecule has 0 saturated heterocycles. The van der Waals surface area contributed by atoms with Crippen LogP contribution in [0.3, 0.4) is 0 Å². The van der Waals surface area contributed by atoms with E-state index in [4.69, 9.17) is 11.6 Å². The first kappa shape index (κ1) is 26.1. The number of rotatable bonds is 5. The molecule has 11 heteroatoms. The number of pyridine rings is 1. The van der Waals surface area contributed by atoms with Crippen LogP contribution < -0.4 is 9.80 Å². The van der Waals surface area contributed by atoms with Crippen molar-refractivity contribution in [3.05, 3.63) is 88.2 Å². The fourth-order valence-corrected chi connectivity index (χ4v) is 4.70. The third kappa shape index (κ3) is 5.70. The Bertz CT molecular complexity index is 1210. The molecule has 0 radical (unpaired) electrons. The van der Waals surface area contributed by atoms with Crippen LogP contribution in [0.4, 0.5) is 37.7 Å². The summed E-state index contributed by atoms with van der Waals surface area (Å²) in [4.78, 5) is 7.33. The highest BCUT2D eigenvalue weighted by molar-refractivity contribution is 6.29. The van der Waals surface area contributed by atoms with Gasteiger partial charge in [-0.05, 0) is 54.4 Å². The predicted molar refractivity (Wildman–Crippen MR) is 125 cm³/mol. The average molecular weight is 530 g/mol. The van der Waals surface area contributed by atoms with Gasteiger partial charge in [-0.25, -0.2) is 4.98 Å². The Labute approximate surface area is 208 Å². The first-order valence-electron chi connectivity index (χ1n) is 11.0. The van der Waals surface area contributed by atoms with Gasteiger partial charge in [-0.3, -0.25) is 0 Å². The Hall–Kier alpha value is -2.98. The molecule has 0 aliphatic carbocycles. The summed E-state index contributed by atoms with van der Waals surface area (Å²) in [5.41, 5.74) is 1.69. The molecule has 3 aromatic rings. The topological polar surface area (TPSA) is 39.6 Å². The van der Waals surface area contributed by atoms with Gasteiger partial charge in [-0.2, -0.15) is 26.3 Å². The first-order chi connectivity index (χ1) is 16.8. The van der Waals surface area contributed by atoms with Gasteiger partial charge in [-0.15, -0.1) is 0 Å². The Morgan fingerprint density at radius 1 is 1.00 bits per heavy atom. The number of aliphatic hydroxyl groups excluding tert-OH is 1. The second-order valence-electron chi connectivity index (χ2n) is 8.66. The van der Waals surface area contributed by atoms with Gasteiger partial charge < -0.3 is 14.9 Å². The second kappa shape index (κ2) is 9.82. The lowest BCUT2D eigenvalue weighted by atomic mass is 9.96. The van der Waals surface area contributed by atoms with Crippen molar-refractivity contribution < 1.29 is 31.4 Å². The number of para-hydroxylation sites is 2. The lowest BCUT2D eigenvalue weighted by Gasteiger charge is -2.46. The molecule has 36 heavy (non-hydrogen) atoms. The van der Waals surface area contributed by atoms with Crippen molar-refractivity contribution in [2.45, 2.75) is 38.0 Å². The number of benzene rings is 2. The van der Waals surface area contributed by atoms with Crippen molar-refractivity contribution in [2.75, 3.05) is 22.9 Å². The highest BCUT2D eigenvalue weighted by Gasteiger charge is 2.42. The van der Waals surface area contributed by atoms with Crippen LogP contribution in [0.5, 0.6) is 0 Å². The number of fused-ring (bicyclic) bond motifs is 1. The first-order valence-corrected chi connectivity index (χ1v) is 11.4. The molecule has 0 bridgehead atoms. The molecule has 4 nitrogen and oxygen atoms in total. The van der Waals surface area contributed by atoms with Gasteiger partial charge in [0, 0.05) is 18.8 Å². The van der Waals surface area contributed by atoms with Gasteiger partial charge in [-0.1, -0.05) is 35.9 Å². The maximum absolute atomic E-state index is 13.4. The lowest BCUT2D eigenvalue weighted by Crippen LogP contribution is -2.49. The van der Waals surface area contributed by atoms with Crippen molar-refractivity contribution in [1.82, 2.24) is 4.98 Å². The summed E-state index contributed by atoms with van der Waals surface area (Å²) in [6.45, 7) is 1.30. The molecule has 1 aliphatic heterocycles. The van der Waals surface area contributed by atoms with E-state index in [1.807, 2.05) is 11.0 Å². The number of anilines is 2. The van der Waals surface area contributed by atoms with Gasteiger partial charge in [0.25, 0.3) is 0 Å². The number of β-amino-alcohol motifs (C(OH)–C–C–N with tert-alkyl or cyclic N) is 1. The molecular formula is C25H22ClF6N3O. The van der Waals surface area contributed by atoms with Crippen molar-refractivity contribution in [1.29, 1.82) is 0 Å². The van der Waals surface area contributed by atoms with Crippen LogP contribution in [0.15, 0.2) is 60.7 Å². The number of nitrogens with zero attached hydrogens (tertiary/aromatic N) is 3. The van der Waals surface area contributed by atoms with Crippen LogP contribution in [-0.4, -0.2) is 35.5 Å². The van der Waals surface area contributed by atoms with Gasteiger partial charge in [0.05, 0.1) is 29.5 Å². The second-order valence-corrected chi connectivity index (χ2v) is 9.04. The third-order valence-electron chi connectivity index (χ3n) is 6.00. The van der Waals surface area contributed by atoms with Gasteiger partial charge in [0.1, 0.15) is 5.15 Å². The van der Waals surface area contributed by atoms with Crippen LogP contribution >= 0.6 is 11.6 Å². The van der Waals surface area contributed by atoms with Crippen LogP contribution in [0.1, 0.15) is 28.4 Å². The number of hydrogen-bond acceptors (Lipinski definition) is 4. The highest BCUT2D eigenvalue weighted by Crippen LogP contribution is 2.43. The van der Waals surface area contributed by atoms with E-state index in [-0.39, 0.29) is 17.3 Å². The Morgan fingerprint density at radius 2 is 1.69 bits per heavy atom. The SMILES string of the molecule is Cc1cc(CN2CC(c3cccc(C(F)(F)F)c3)N(CC(O)C(F)(F)F)c3ccccc32)cc(Cl)n1. The minimum atomic E-state index is -4.89. The molecule has 2 unspecified atom stereocenters. The number of aryl methyl sites for hydroxylation is 1. The zero-order valence-corrected chi connectivity index (χ0v) is 19.7. The minimum absolute atomic E-state index is 0.0713. The Balaban J connectivity index is 1.81. The molecule has 0 fully saturated rings. The Kier molecular flexibility index (Phi) is 7.12. The van der Waals surface area contributed by atoms with E-state index in [2.05, 4.69) is 4.98 Å². The van der Waals surface area contributed by atoms with Crippen molar-refractivity contribution in [3.63, 3.8) is 0 Å². The molecule has 2 aromatic carbocycles. The summed E-state index contributed by atoms with van der Waals surface area (Å²) in [5.74, 6) is 0. The van der Waals surface area contributed by atoms with E-state index >= 15 is 0 Å². The minimum Gasteiger partial charge on any atom is -0.382 e. The van der Waals surface area contributed by atoms with Crippen LogP contribution in [0, 0.1) is 6.92 Å². The number of aliphatic hydroxyl groups is 1. The van der Waals surface area contributed by atoms with E-state index < -0.39 is 36.6 Å². The fourth-order valence-electron chi connectivity index (χ4n) is 4.43. The molecule has 0 amide bonds. The van der Waals surface area contributed by atoms with Gasteiger partial charge >= 0.3 is 12.4 Å². The maximum atomic E-state index is 13.4. The fraction of sp³-hybridized carbons (Fsp3) is 0.320. The van der Waals surface area contributed by atoms with E-state index in [1.165, 1.54) is 17.0 Å². The van der Waals surface area contributed by atoms with E-state index in [0.29, 0.717) is 23.6 Å². The van der Waals surface area contributed by atoms with E-state index in [1.54, 1.807) is 37.3 Å². The molecule has 2 atom stereocenters. The van der Waals surface area contributed by atoms with Crippen molar-refractivity contribution in [2.24, 2.45) is 0 Å². The summed E-state index contributed by atoms with van der Waals surface area (Å²) in [6, 6.07) is 13.8. The lowest BCUT2D eigenvalue weighted by molar-refractivity contribution is -0.200. The van der Waals surface area contributed by atoms with Crippen LogP contribution in [0.25, 0.3) is 0 Å². The smallest absolute Gasteiger partial charge is 0.382 e. The molecular weight excluding hydrogens is 508 g/mol. The van der Waals surface area contributed by atoms with E-state index in [0.717, 1.165) is 17.7 Å².